The topological polar surface area (TPSA) is 115 Å². The lowest BCUT2D eigenvalue weighted by molar-refractivity contribution is -0.137. The van der Waals surface area contributed by atoms with Crippen molar-refractivity contribution in [2.24, 2.45) is 0 Å². The Kier molecular flexibility index (Phi) is 6.26. The summed E-state index contributed by atoms with van der Waals surface area (Å²) in [6, 6.07) is 4.07. The largest absolute Gasteiger partial charge is 0.383 e. The Balaban J connectivity index is 1.78. The molecule has 164 valence electrons. The SMILES string of the molecule is Cc1[nH]c(/C=C2\C(=O)Nc3ccc(F)cc32)c(C)c1C(=O)NCCC(O)C(=O)N(C)C. The van der Waals surface area contributed by atoms with Gasteiger partial charge in [-0.05, 0) is 50.1 Å². The number of nitrogens with zero attached hydrogens (tertiary/aromatic N) is 1. The van der Waals surface area contributed by atoms with E-state index in [1.165, 1.54) is 23.1 Å². The predicted octanol–water partition coefficient (Wildman–Crippen LogP) is 1.83. The van der Waals surface area contributed by atoms with Gasteiger partial charge in [0.15, 0.2) is 0 Å². The van der Waals surface area contributed by atoms with Crippen LogP contribution in [0.25, 0.3) is 11.6 Å². The van der Waals surface area contributed by atoms with Crippen LogP contribution in [0.4, 0.5) is 10.1 Å². The number of benzene rings is 1. The molecule has 9 heteroatoms. The van der Waals surface area contributed by atoms with Gasteiger partial charge < -0.3 is 25.6 Å². The molecule has 1 aliphatic heterocycles. The summed E-state index contributed by atoms with van der Waals surface area (Å²) in [5, 5.41) is 15.2. The van der Waals surface area contributed by atoms with Crippen LogP contribution in [0.1, 0.15) is 39.3 Å². The summed E-state index contributed by atoms with van der Waals surface area (Å²) < 4.78 is 13.7. The highest BCUT2D eigenvalue weighted by atomic mass is 19.1. The van der Waals surface area contributed by atoms with Crippen LogP contribution in [0.15, 0.2) is 18.2 Å². The van der Waals surface area contributed by atoms with E-state index >= 15 is 0 Å². The summed E-state index contributed by atoms with van der Waals surface area (Å²) in [6.07, 6.45) is 0.495. The monoisotopic (exact) mass is 428 g/mol. The molecule has 2 aromatic rings. The smallest absolute Gasteiger partial charge is 0.256 e. The normalized spacial score (nSPS) is 14.9. The molecule has 8 nitrogen and oxygen atoms in total. The minimum Gasteiger partial charge on any atom is -0.383 e. The number of aromatic nitrogens is 1. The fourth-order valence-electron chi connectivity index (χ4n) is 3.54. The van der Waals surface area contributed by atoms with Crippen molar-refractivity contribution in [2.75, 3.05) is 26.0 Å². The second-order valence-corrected chi connectivity index (χ2v) is 7.66. The Labute approximate surface area is 179 Å². The van der Waals surface area contributed by atoms with Gasteiger partial charge in [0.2, 0.25) is 0 Å². The number of aryl methyl sites for hydroxylation is 1. The van der Waals surface area contributed by atoms with E-state index < -0.39 is 17.8 Å². The molecule has 0 saturated heterocycles. The molecular weight excluding hydrogens is 403 g/mol. The molecule has 2 heterocycles. The van der Waals surface area contributed by atoms with Crippen molar-refractivity contribution in [3.63, 3.8) is 0 Å². The van der Waals surface area contributed by atoms with Crippen LogP contribution in [0, 0.1) is 19.7 Å². The zero-order chi connectivity index (χ0) is 22.9. The fourth-order valence-corrected chi connectivity index (χ4v) is 3.54. The molecule has 31 heavy (non-hydrogen) atoms. The van der Waals surface area contributed by atoms with Gasteiger partial charge in [-0.25, -0.2) is 4.39 Å². The van der Waals surface area contributed by atoms with Crippen molar-refractivity contribution in [2.45, 2.75) is 26.4 Å². The van der Waals surface area contributed by atoms with Crippen molar-refractivity contribution in [3.05, 3.63) is 52.1 Å². The van der Waals surface area contributed by atoms with Gasteiger partial charge in [0.05, 0.1) is 11.1 Å². The lowest BCUT2D eigenvalue weighted by atomic mass is 10.0. The Morgan fingerprint density at radius 3 is 2.68 bits per heavy atom. The lowest BCUT2D eigenvalue weighted by Gasteiger charge is -2.16. The number of H-pyrrole nitrogens is 1. The Bertz CT molecular complexity index is 1090. The first-order chi connectivity index (χ1) is 14.6. The molecular formula is C22H25FN4O4. The zero-order valence-electron chi connectivity index (χ0n) is 17.8. The molecule has 3 rings (SSSR count). The number of anilines is 1. The number of aliphatic hydroxyl groups is 1. The van der Waals surface area contributed by atoms with Crippen LogP contribution in [0.5, 0.6) is 0 Å². The Morgan fingerprint density at radius 2 is 2.00 bits per heavy atom. The van der Waals surface area contributed by atoms with Gasteiger partial charge >= 0.3 is 0 Å². The van der Waals surface area contributed by atoms with E-state index in [9.17, 15) is 23.9 Å². The van der Waals surface area contributed by atoms with E-state index in [1.54, 1.807) is 34.0 Å². The first kappa shape index (κ1) is 22.2. The van der Waals surface area contributed by atoms with Crippen LogP contribution in [0.3, 0.4) is 0 Å². The Morgan fingerprint density at radius 1 is 1.29 bits per heavy atom. The molecule has 1 atom stereocenters. The molecule has 0 fully saturated rings. The van der Waals surface area contributed by atoms with Crippen LogP contribution in [-0.2, 0) is 9.59 Å². The maximum Gasteiger partial charge on any atom is 0.256 e. The average molecular weight is 428 g/mol. The third-order valence-corrected chi connectivity index (χ3v) is 5.19. The van der Waals surface area contributed by atoms with E-state index in [1.807, 2.05) is 0 Å². The number of amides is 3. The molecule has 1 unspecified atom stereocenters. The van der Waals surface area contributed by atoms with Gasteiger partial charge in [0.1, 0.15) is 11.9 Å². The van der Waals surface area contributed by atoms with Crippen LogP contribution >= 0.6 is 0 Å². The number of aliphatic hydroxyl groups excluding tert-OH is 1. The first-order valence-electron chi connectivity index (χ1n) is 9.79. The number of halogens is 1. The standard InChI is InChI=1S/C22H25FN4O4/c1-11-17(10-15-14-9-13(23)5-6-16(14)26-20(15)29)25-12(2)19(11)21(30)24-8-7-18(28)22(31)27(3)4/h5-6,9-10,18,25,28H,7-8H2,1-4H3,(H,24,30)(H,26,29)/b15-10-. The fraction of sp³-hybridized carbons (Fsp3) is 0.318. The first-order valence-corrected chi connectivity index (χ1v) is 9.79. The van der Waals surface area contributed by atoms with Gasteiger partial charge in [-0.15, -0.1) is 0 Å². The van der Waals surface area contributed by atoms with Gasteiger partial charge in [0, 0.05) is 43.3 Å². The van der Waals surface area contributed by atoms with Crippen LogP contribution in [0.2, 0.25) is 0 Å². The van der Waals surface area contributed by atoms with Crippen molar-refractivity contribution in [3.8, 4) is 0 Å². The van der Waals surface area contributed by atoms with Crippen LogP contribution < -0.4 is 10.6 Å². The van der Waals surface area contributed by atoms with Crippen molar-refractivity contribution in [1.82, 2.24) is 15.2 Å². The lowest BCUT2D eigenvalue weighted by Crippen LogP contribution is -2.36. The second kappa shape index (κ2) is 8.73. The number of aromatic amines is 1. The maximum absolute atomic E-state index is 13.7. The molecule has 0 spiro atoms. The van der Waals surface area contributed by atoms with E-state index in [4.69, 9.17) is 0 Å². The van der Waals surface area contributed by atoms with Crippen molar-refractivity contribution >= 4 is 35.1 Å². The van der Waals surface area contributed by atoms with Crippen molar-refractivity contribution < 1.29 is 23.9 Å². The van der Waals surface area contributed by atoms with Crippen molar-refractivity contribution in [1.29, 1.82) is 0 Å². The molecule has 0 saturated carbocycles. The Hall–Kier alpha value is -3.46. The molecule has 1 aliphatic rings. The number of rotatable bonds is 6. The summed E-state index contributed by atoms with van der Waals surface area (Å²) in [6.45, 7) is 3.60. The van der Waals surface area contributed by atoms with Gasteiger partial charge in [-0.3, -0.25) is 14.4 Å². The number of carbonyl (C=O) groups is 3. The maximum atomic E-state index is 13.7. The minimum atomic E-state index is -1.19. The highest BCUT2D eigenvalue weighted by molar-refractivity contribution is 6.34. The molecule has 0 aliphatic carbocycles. The molecule has 1 aromatic heterocycles. The molecule has 1 aromatic carbocycles. The number of carbonyl (C=O) groups excluding carboxylic acids is 3. The summed E-state index contributed by atoms with van der Waals surface area (Å²) in [5.41, 5.74) is 3.50. The number of likely N-dealkylation sites (N-methyl/N-ethyl adjacent to an activating group) is 1. The highest BCUT2D eigenvalue weighted by Crippen LogP contribution is 2.34. The quantitative estimate of drug-likeness (QED) is 0.526. The van der Waals surface area contributed by atoms with E-state index in [0.717, 1.165) is 0 Å². The highest BCUT2D eigenvalue weighted by Gasteiger charge is 2.26. The number of fused-ring (bicyclic) bond motifs is 1. The number of nitrogens with one attached hydrogen (secondary N) is 3. The molecule has 0 bridgehead atoms. The minimum absolute atomic E-state index is 0.0880. The van der Waals surface area contributed by atoms with Gasteiger partial charge in [-0.2, -0.15) is 0 Å². The zero-order valence-corrected chi connectivity index (χ0v) is 17.8. The second-order valence-electron chi connectivity index (χ2n) is 7.66. The van der Waals surface area contributed by atoms with Gasteiger partial charge in [0.25, 0.3) is 17.7 Å². The molecule has 4 N–H and O–H groups in total. The predicted molar refractivity (Wildman–Crippen MR) is 115 cm³/mol. The van der Waals surface area contributed by atoms with Gasteiger partial charge in [-0.1, -0.05) is 0 Å². The van der Waals surface area contributed by atoms with E-state index in [2.05, 4.69) is 15.6 Å². The third-order valence-electron chi connectivity index (χ3n) is 5.19. The number of hydrogen-bond acceptors (Lipinski definition) is 4. The van der Waals surface area contributed by atoms with E-state index in [-0.39, 0.29) is 24.8 Å². The summed E-state index contributed by atoms with van der Waals surface area (Å²) >= 11 is 0. The summed E-state index contributed by atoms with van der Waals surface area (Å²) in [7, 11) is 3.09. The summed E-state index contributed by atoms with van der Waals surface area (Å²) in [4.78, 5) is 41.1. The van der Waals surface area contributed by atoms with Crippen LogP contribution in [-0.4, -0.2) is 59.5 Å². The molecule has 0 radical (unpaired) electrons. The summed E-state index contributed by atoms with van der Waals surface area (Å²) in [5.74, 6) is -1.58. The van der Waals surface area contributed by atoms with E-state index in [0.29, 0.717) is 39.3 Å². The average Bonchev–Trinajstić information content (AvgIpc) is 3.16. The number of hydrogen-bond donors (Lipinski definition) is 4. The third kappa shape index (κ3) is 4.51. The molecule has 3 amide bonds.